The van der Waals surface area contributed by atoms with Crippen molar-refractivity contribution in [1.29, 1.82) is 0 Å². The highest BCUT2D eigenvalue weighted by atomic mass is 35.5. The Bertz CT molecular complexity index is 205. The highest BCUT2D eigenvalue weighted by Gasteiger charge is 1.92. The molecule has 2 nitrogen and oxygen atoms in total. The van der Waals surface area contributed by atoms with Crippen molar-refractivity contribution < 1.29 is 15.7 Å². The molecule has 1 rings (SSSR count). The minimum absolute atomic E-state index is 0. The molecule has 1 saturated heterocycles. The predicted octanol–water partition coefficient (Wildman–Crippen LogP) is 0.0280. The second-order valence-electron chi connectivity index (χ2n) is 0.681. The van der Waals surface area contributed by atoms with Gasteiger partial charge in [0, 0.05) is 18.5 Å². The zero-order valence-electron chi connectivity index (χ0n) is 11.3. The average molecular weight is 132 g/mol. The molecule has 3 heteroatoms. The number of rotatable bonds is 0. The van der Waals surface area contributed by atoms with Crippen LogP contribution in [0.15, 0.2) is 0 Å². The second kappa shape index (κ2) is 4.37. The first-order valence-electron chi connectivity index (χ1n) is 5.41. The fourth-order valence-corrected chi connectivity index (χ4v) is 0.159. The van der Waals surface area contributed by atoms with Gasteiger partial charge in [-0.2, -0.15) is 0 Å². The first kappa shape index (κ1) is 1.38. The smallest absolute Gasteiger partial charge is 0.0591 e. The molecule has 0 spiro atoms. The van der Waals surface area contributed by atoms with Gasteiger partial charge in [0.15, 0.2) is 0 Å². The van der Waals surface area contributed by atoms with Crippen molar-refractivity contribution in [2.45, 2.75) is 0 Å². The van der Waals surface area contributed by atoms with Gasteiger partial charge in [-0.25, -0.2) is 0 Å². The largest absolute Gasteiger partial charge is 0.379 e. The van der Waals surface area contributed by atoms with Crippen LogP contribution in [0.1, 0.15) is 11.0 Å². The third-order valence-electron chi connectivity index (χ3n) is 0.329. The number of hydrogen-bond acceptors (Lipinski definition) is 2. The van der Waals surface area contributed by atoms with Crippen LogP contribution in [-0.2, 0) is 4.74 Å². The Morgan fingerprint density at radius 3 is 2.43 bits per heavy atom. The first-order valence-corrected chi connectivity index (χ1v) is 1.41. The maximum Gasteiger partial charge on any atom is 0.0591 e. The molecule has 1 aliphatic heterocycles. The molecule has 1 N–H and O–H groups in total. The summed E-state index contributed by atoms with van der Waals surface area (Å²) in [5.41, 5.74) is 0. The van der Waals surface area contributed by atoms with Crippen LogP contribution in [0.3, 0.4) is 0 Å². The summed E-state index contributed by atoms with van der Waals surface area (Å²) in [5.74, 6) is 0. The maximum absolute atomic E-state index is 7.11. The predicted molar refractivity (Wildman–Crippen MR) is 30.9 cm³/mol. The molecule has 44 valence electrons. The zero-order valence-corrected chi connectivity index (χ0v) is 4.13. The standard InChI is InChI=1S/C4H9NO.ClH/c1-3-6-4-2-5-1;/h5H,1-4H2;1H/i1D2,2D2,3D2,4D2;. The molecule has 1 heterocycles. The van der Waals surface area contributed by atoms with E-state index in [1.165, 1.54) is 0 Å². The van der Waals surface area contributed by atoms with Gasteiger partial charge in [-0.05, 0) is 0 Å². The highest BCUT2D eigenvalue weighted by Crippen LogP contribution is 1.76. The SMILES string of the molecule is Cl.[2H]C1([2H])NC([2H])([2H])C([2H])([2H])OC1([2H])[2H]. The van der Waals surface area contributed by atoms with Gasteiger partial charge in [0.2, 0.25) is 0 Å². The van der Waals surface area contributed by atoms with Crippen LogP contribution in [0.5, 0.6) is 0 Å². The van der Waals surface area contributed by atoms with E-state index in [1.807, 2.05) is 0 Å². The minimum Gasteiger partial charge on any atom is -0.379 e. The lowest BCUT2D eigenvalue weighted by atomic mass is 10.5. The zero-order chi connectivity index (χ0) is 11.4. The van der Waals surface area contributed by atoms with E-state index in [1.54, 1.807) is 5.32 Å². The Morgan fingerprint density at radius 2 is 2.00 bits per heavy atom. The van der Waals surface area contributed by atoms with Crippen molar-refractivity contribution in [1.82, 2.24) is 5.32 Å². The van der Waals surface area contributed by atoms with Crippen LogP contribution < -0.4 is 5.32 Å². The lowest BCUT2D eigenvalue weighted by Crippen LogP contribution is -2.30. The molecule has 0 aromatic rings. The van der Waals surface area contributed by atoms with Gasteiger partial charge in [0.05, 0.1) is 18.6 Å². The van der Waals surface area contributed by atoms with Crippen molar-refractivity contribution in [2.75, 3.05) is 26.1 Å². The second-order valence-corrected chi connectivity index (χ2v) is 0.681. The normalized spacial score (nSPS) is 66.3. The Kier molecular flexibility index (Phi) is 0.860. The molecule has 7 heavy (non-hydrogen) atoms. The molecule has 1 fully saturated rings. The summed E-state index contributed by atoms with van der Waals surface area (Å²) in [6, 6.07) is 0. The average Bonchev–Trinajstić information content (AvgIpc) is 1.78. The summed E-state index contributed by atoms with van der Waals surface area (Å²) in [6.45, 7) is -11.4. The highest BCUT2D eigenvalue weighted by molar-refractivity contribution is 5.85. The third kappa shape index (κ3) is 2.85. The fraction of sp³-hybridized carbons (Fsp3) is 1.00. The summed E-state index contributed by atoms with van der Waals surface area (Å²) < 4.78 is 60.8. The van der Waals surface area contributed by atoms with E-state index >= 15 is 0 Å². The molecule has 0 amide bonds. The quantitative estimate of drug-likeness (QED) is 0.501. The van der Waals surface area contributed by atoms with Gasteiger partial charge in [-0.1, -0.05) is 0 Å². The van der Waals surface area contributed by atoms with Gasteiger partial charge in [-0.3, -0.25) is 0 Å². The third-order valence-corrected chi connectivity index (χ3v) is 0.329. The monoisotopic (exact) mass is 131 g/mol. The topological polar surface area (TPSA) is 21.3 Å². The summed E-state index contributed by atoms with van der Waals surface area (Å²) in [5, 5.41) is 1.60. The van der Waals surface area contributed by atoms with Crippen LogP contribution >= 0.6 is 12.4 Å². The number of nitrogens with one attached hydrogen (secondary N) is 1. The number of ether oxygens (including phenoxy) is 1. The van der Waals surface area contributed by atoms with E-state index in [0.29, 0.717) is 0 Å². The van der Waals surface area contributed by atoms with Crippen molar-refractivity contribution in [3.05, 3.63) is 0 Å². The fourth-order valence-electron chi connectivity index (χ4n) is 0.159. The van der Waals surface area contributed by atoms with Crippen molar-refractivity contribution in [3.8, 4) is 0 Å². The molecular formula is C4H10ClNO. The van der Waals surface area contributed by atoms with E-state index in [0.717, 1.165) is 0 Å². The van der Waals surface area contributed by atoms with Crippen LogP contribution in [0.25, 0.3) is 0 Å². The molecule has 0 unspecified atom stereocenters. The summed E-state index contributed by atoms with van der Waals surface area (Å²) in [4.78, 5) is 0. The van der Waals surface area contributed by atoms with Gasteiger partial charge in [0.1, 0.15) is 0 Å². The van der Waals surface area contributed by atoms with Crippen LogP contribution in [0.2, 0.25) is 0 Å². The van der Waals surface area contributed by atoms with E-state index in [9.17, 15) is 0 Å². The maximum atomic E-state index is 7.11. The Balaban J connectivity index is 0.00000196. The molecule has 0 atom stereocenters. The molecule has 0 bridgehead atoms. The molecule has 0 aromatic heterocycles. The van der Waals surface area contributed by atoms with Crippen molar-refractivity contribution >= 4 is 12.4 Å². The van der Waals surface area contributed by atoms with Crippen LogP contribution in [0.4, 0.5) is 0 Å². The lowest BCUT2D eigenvalue weighted by Gasteiger charge is -2.10. The summed E-state index contributed by atoms with van der Waals surface area (Å²) in [6.07, 6.45) is 0. The number of morpholine rings is 1. The van der Waals surface area contributed by atoms with Gasteiger partial charge in [0.25, 0.3) is 0 Å². The van der Waals surface area contributed by atoms with Crippen LogP contribution in [0, 0.1) is 0 Å². The van der Waals surface area contributed by atoms with Gasteiger partial charge in [-0.15, -0.1) is 12.4 Å². The Hall–Kier alpha value is 0.210. The molecule has 1 aliphatic rings. The first-order chi connectivity index (χ1) is 5.91. The molecule has 0 radical (unpaired) electrons. The molecule has 0 aromatic carbocycles. The summed E-state index contributed by atoms with van der Waals surface area (Å²) in [7, 11) is 0. The molecule has 0 aliphatic carbocycles. The van der Waals surface area contributed by atoms with E-state index < -0.39 is 26.1 Å². The molecule has 0 saturated carbocycles. The number of halogens is 1. The van der Waals surface area contributed by atoms with E-state index in [-0.39, 0.29) is 12.4 Å². The van der Waals surface area contributed by atoms with Crippen LogP contribution in [-0.4, -0.2) is 26.1 Å². The number of hydrogen-bond donors (Lipinski definition) is 1. The molecular weight excluding hydrogens is 114 g/mol. The Labute approximate surface area is 60.9 Å². The lowest BCUT2D eigenvalue weighted by molar-refractivity contribution is 0.109. The van der Waals surface area contributed by atoms with E-state index in [4.69, 9.17) is 11.0 Å². The summed E-state index contributed by atoms with van der Waals surface area (Å²) >= 11 is 0. The van der Waals surface area contributed by atoms with Crippen molar-refractivity contribution in [2.24, 2.45) is 0 Å². The van der Waals surface area contributed by atoms with Gasteiger partial charge < -0.3 is 10.1 Å². The minimum atomic E-state index is -2.93. The van der Waals surface area contributed by atoms with Crippen molar-refractivity contribution in [3.63, 3.8) is 0 Å². The Morgan fingerprint density at radius 1 is 1.43 bits per heavy atom. The van der Waals surface area contributed by atoms with E-state index in [2.05, 4.69) is 4.74 Å². The van der Waals surface area contributed by atoms with Gasteiger partial charge >= 0.3 is 0 Å².